The van der Waals surface area contributed by atoms with Crippen molar-refractivity contribution in [3.8, 4) is 0 Å². The average molecular weight is 136 g/mol. The van der Waals surface area contributed by atoms with E-state index in [0.29, 0.717) is 0 Å². The third-order valence-electron chi connectivity index (χ3n) is 1.50. The first-order valence-electron chi connectivity index (χ1n) is 3.68. The predicted octanol–water partition coefficient (Wildman–Crippen LogP) is 1.60. The predicted molar refractivity (Wildman–Crippen MR) is 40.8 cm³/mol. The molecule has 0 radical (unpaired) electrons. The van der Waals surface area contributed by atoms with Crippen LogP contribution in [0.5, 0.6) is 0 Å². The summed E-state index contributed by atoms with van der Waals surface area (Å²) < 4.78 is 0. The van der Waals surface area contributed by atoms with E-state index >= 15 is 0 Å². The molecule has 0 aliphatic rings. The zero-order valence-corrected chi connectivity index (χ0v) is 6.46. The number of hydrogen-bond acceptors (Lipinski definition) is 2. The van der Waals surface area contributed by atoms with Crippen molar-refractivity contribution in [1.29, 1.82) is 0 Å². The summed E-state index contributed by atoms with van der Waals surface area (Å²) in [6.07, 6.45) is 1.94. The van der Waals surface area contributed by atoms with Gasteiger partial charge < -0.3 is 0 Å². The van der Waals surface area contributed by atoms with Gasteiger partial charge in [0.15, 0.2) is 0 Å². The van der Waals surface area contributed by atoms with Gasteiger partial charge in [-0.1, -0.05) is 13.8 Å². The Labute approximate surface area is 61.3 Å². The summed E-state index contributed by atoms with van der Waals surface area (Å²) in [6.45, 7) is 4.16. The quantitative estimate of drug-likeness (QED) is 0.617. The van der Waals surface area contributed by atoms with Gasteiger partial charge in [-0.15, -0.1) is 0 Å². The average Bonchev–Trinajstić information content (AvgIpc) is 2.05. The lowest BCUT2D eigenvalue weighted by Crippen LogP contribution is -1.93. The molecular weight excluding hydrogens is 124 g/mol. The van der Waals surface area contributed by atoms with Crippen LogP contribution >= 0.6 is 0 Å². The molecule has 0 aliphatic heterocycles. The summed E-state index contributed by atoms with van der Waals surface area (Å²) in [7, 11) is 0. The van der Waals surface area contributed by atoms with E-state index in [9.17, 15) is 0 Å². The van der Waals surface area contributed by atoms with Crippen molar-refractivity contribution in [2.45, 2.75) is 26.7 Å². The van der Waals surface area contributed by atoms with Crippen molar-refractivity contribution < 1.29 is 0 Å². The fourth-order valence-electron chi connectivity index (χ4n) is 0.765. The molecule has 54 valence electrons. The van der Waals surface area contributed by atoms with Gasteiger partial charge in [-0.2, -0.15) is 10.2 Å². The number of hydrogen-bond donors (Lipinski definition) is 0. The molecule has 0 N–H and O–H groups in total. The van der Waals surface area contributed by atoms with Crippen molar-refractivity contribution in [2.75, 3.05) is 0 Å². The van der Waals surface area contributed by atoms with Gasteiger partial charge in [0.25, 0.3) is 0 Å². The van der Waals surface area contributed by atoms with Crippen LogP contribution in [0.25, 0.3) is 0 Å². The van der Waals surface area contributed by atoms with Crippen LogP contribution in [0.2, 0.25) is 0 Å². The van der Waals surface area contributed by atoms with Gasteiger partial charge in [0.2, 0.25) is 0 Å². The second kappa shape index (κ2) is 3.30. The van der Waals surface area contributed by atoms with E-state index in [1.807, 2.05) is 12.1 Å². The Morgan fingerprint density at radius 2 is 1.40 bits per heavy atom. The van der Waals surface area contributed by atoms with Gasteiger partial charge in [0.05, 0.1) is 11.4 Å². The van der Waals surface area contributed by atoms with Gasteiger partial charge >= 0.3 is 0 Å². The summed E-state index contributed by atoms with van der Waals surface area (Å²) in [5, 5.41) is 8.04. The summed E-state index contributed by atoms with van der Waals surface area (Å²) in [4.78, 5) is 0. The molecule has 2 nitrogen and oxygen atoms in total. The minimum Gasteiger partial charge on any atom is -0.155 e. The highest BCUT2D eigenvalue weighted by atomic mass is 15.1. The standard InChI is InChI=1S/C8H12N2/c1-3-7-5-6-8(4-2)10-9-7/h5-6H,3-4H2,1-2H3. The van der Waals surface area contributed by atoms with Crippen molar-refractivity contribution in [1.82, 2.24) is 10.2 Å². The molecule has 10 heavy (non-hydrogen) atoms. The molecule has 2 heteroatoms. The molecule has 0 aromatic carbocycles. The molecule has 0 atom stereocenters. The molecule has 0 aliphatic carbocycles. The number of aryl methyl sites for hydroxylation is 2. The van der Waals surface area contributed by atoms with Crippen LogP contribution in [0.1, 0.15) is 25.2 Å². The van der Waals surface area contributed by atoms with Crippen LogP contribution in [-0.4, -0.2) is 10.2 Å². The molecule has 0 spiro atoms. The lowest BCUT2D eigenvalue weighted by atomic mass is 10.2. The van der Waals surface area contributed by atoms with E-state index in [4.69, 9.17) is 0 Å². The van der Waals surface area contributed by atoms with Gasteiger partial charge in [-0.3, -0.25) is 0 Å². The van der Waals surface area contributed by atoms with Gasteiger partial charge in [-0.25, -0.2) is 0 Å². The molecule has 1 aromatic heterocycles. The van der Waals surface area contributed by atoms with E-state index in [2.05, 4.69) is 24.0 Å². The van der Waals surface area contributed by atoms with Crippen molar-refractivity contribution >= 4 is 0 Å². The third-order valence-corrected chi connectivity index (χ3v) is 1.50. The first-order valence-corrected chi connectivity index (χ1v) is 3.68. The second-order valence-electron chi connectivity index (χ2n) is 2.22. The van der Waals surface area contributed by atoms with Crippen molar-refractivity contribution in [3.63, 3.8) is 0 Å². The maximum absolute atomic E-state index is 4.02. The molecule has 0 saturated carbocycles. The first kappa shape index (κ1) is 7.19. The van der Waals surface area contributed by atoms with Crippen LogP contribution in [0, 0.1) is 0 Å². The Kier molecular flexibility index (Phi) is 2.37. The van der Waals surface area contributed by atoms with E-state index in [0.717, 1.165) is 24.2 Å². The molecule has 0 saturated heterocycles. The molecule has 0 unspecified atom stereocenters. The molecule has 1 aromatic rings. The van der Waals surface area contributed by atoms with E-state index in [1.165, 1.54) is 0 Å². The van der Waals surface area contributed by atoms with Crippen LogP contribution in [0.4, 0.5) is 0 Å². The van der Waals surface area contributed by atoms with E-state index in [-0.39, 0.29) is 0 Å². The monoisotopic (exact) mass is 136 g/mol. The molecular formula is C8H12N2. The van der Waals surface area contributed by atoms with Crippen molar-refractivity contribution in [3.05, 3.63) is 23.5 Å². The van der Waals surface area contributed by atoms with Crippen LogP contribution in [0.3, 0.4) is 0 Å². The Balaban J connectivity index is 2.80. The molecule has 1 rings (SSSR count). The molecule has 0 fully saturated rings. The van der Waals surface area contributed by atoms with Gasteiger partial charge in [-0.05, 0) is 25.0 Å². The molecule has 1 heterocycles. The minimum atomic E-state index is 0.969. The van der Waals surface area contributed by atoms with Crippen LogP contribution in [-0.2, 0) is 12.8 Å². The summed E-state index contributed by atoms with van der Waals surface area (Å²) in [5.74, 6) is 0. The summed E-state index contributed by atoms with van der Waals surface area (Å²) in [6, 6.07) is 4.07. The first-order chi connectivity index (χ1) is 4.86. The van der Waals surface area contributed by atoms with Gasteiger partial charge in [0.1, 0.15) is 0 Å². The Morgan fingerprint density at radius 1 is 1.00 bits per heavy atom. The zero-order chi connectivity index (χ0) is 7.40. The van der Waals surface area contributed by atoms with Gasteiger partial charge in [0, 0.05) is 0 Å². The highest BCUT2D eigenvalue weighted by molar-refractivity contribution is 5.06. The normalized spacial score (nSPS) is 9.80. The highest BCUT2D eigenvalue weighted by Gasteiger charge is 1.91. The third kappa shape index (κ3) is 1.53. The number of aromatic nitrogens is 2. The fraction of sp³-hybridized carbons (Fsp3) is 0.500. The SMILES string of the molecule is CCc1ccc(CC)nn1. The van der Waals surface area contributed by atoms with E-state index in [1.54, 1.807) is 0 Å². The second-order valence-corrected chi connectivity index (χ2v) is 2.22. The highest BCUT2D eigenvalue weighted by Crippen LogP contribution is 1.96. The molecule has 0 bridgehead atoms. The van der Waals surface area contributed by atoms with Crippen LogP contribution in [0.15, 0.2) is 12.1 Å². The lowest BCUT2D eigenvalue weighted by molar-refractivity contribution is 0.861. The Hall–Kier alpha value is -0.920. The number of nitrogens with zero attached hydrogens (tertiary/aromatic N) is 2. The Bertz CT molecular complexity index is 168. The van der Waals surface area contributed by atoms with Crippen LogP contribution < -0.4 is 0 Å². The summed E-state index contributed by atoms with van der Waals surface area (Å²) in [5.41, 5.74) is 2.13. The number of rotatable bonds is 2. The largest absolute Gasteiger partial charge is 0.155 e. The smallest absolute Gasteiger partial charge is 0.0628 e. The Morgan fingerprint density at radius 3 is 1.60 bits per heavy atom. The van der Waals surface area contributed by atoms with Crippen molar-refractivity contribution in [2.24, 2.45) is 0 Å². The lowest BCUT2D eigenvalue weighted by Gasteiger charge is -1.94. The maximum atomic E-state index is 4.02. The molecule has 0 amide bonds. The zero-order valence-electron chi connectivity index (χ0n) is 6.46. The fourth-order valence-corrected chi connectivity index (χ4v) is 0.765. The van der Waals surface area contributed by atoms with E-state index < -0.39 is 0 Å². The maximum Gasteiger partial charge on any atom is 0.0628 e. The topological polar surface area (TPSA) is 25.8 Å². The minimum absolute atomic E-state index is 0.969. The summed E-state index contributed by atoms with van der Waals surface area (Å²) >= 11 is 0.